The highest BCUT2D eigenvalue weighted by molar-refractivity contribution is 6.37. The highest BCUT2D eigenvalue weighted by Gasteiger charge is 2.12. The molecule has 4 aromatic rings. The second-order valence-electron chi connectivity index (χ2n) is 7.31. The molecule has 0 atom stereocenters. The van der Waals surface area contributed by atoms with Gasteiger partial charge in [0.05, 0.1) is 15.6 Å². The normalized spacial score (nSPS) is 11.0. The van der Waals surface area contributed by atoms with Gasteiger partial charge in [-0.25, -0.2) is 0 Å². The highest BCUT2D eigenvalue weighted by atomic mass is 35.5. The van der Waals surface area contributed by atoms with E-state index in [1.807, 2.05) is 0 Å². The number of benzene rings is 3. The van der Waals surface area contributed by atoms with Crippen molar-refractivity contribution >= 4 is 75.7 Å². The molecule has 35 heavy (non-hydrogen) atoms. The molecule has 0 saturated carbocycles. The number of carbonyl (C=O) groups is 2. The van der Waals surface area contributed by atoms with E-state index in [2.05, 4.69) is 10.6 Å². The van der Waals surface area contributed by atoms with Crippen LogP contribution in [0.2, 0.25) is 20.1 Å². The number of carbonyl (C=O) groups excluding carboxylic acids is 2. The Morgan fingerprint density at radius 2 is 1.43 bits per heavy atom. The van der Waals surface area contributed by atoms with E-state index in [-0.39, 0.29) is 16.5 Å². The molecule has 0 saturated heterocycles. The van der Waals surface area contributed by atoms with E-state index in [9.17, 15) is 9.59 Å². The topological polar surface area (TPSA) is 71.3 Å². The van der Waals surface area contributed by atoms with E-state index in [1.54, 1.807) is 60.7 Å². The molecule has 0 bridgehead atoms. The van der Waals surface area contributed by atoms with Gasteiger partial charge in [0.15, 0.2) is 0 Å². The number of anilines is 2. The van der Waals surface area contributed by atoms with Gasteiger partial charge in [0.1, 0.15) is 11.5 Å². The van der Waals surface area contributed by atoms with Crippen molar-refractivity contribution < 1.29 is 14.0 Å². The van der Waals surface area contributed by atoms with E-state index >= 15 is 0 Å². The fourth-order valence-corrected chi connectivity index (χ4v) is 4.16. The van der Waals surface area contributed by atoms with Crippen molar-refractivity contribution in [3.8, 4) is 11.3 Å². The first kappa shape index (κ1) is 24.9. The Balaban J connectivity index is 1.39. The number of hydrogen-bond acceptors (Lipinski definition) is 3. The summed E-state index contributed by atoms with van der Waals surface area (Å²) in [4.78, 5) is 24.9. The Morgan fingerprint density at radius 3 is 2.14 bits per heavy atom. The van der Waals surface area contributed by atoms with E-state index in [0.717, 1.165) is 0 Å². The van der Waals surface area contributed by atoms with Gasteiger partial charge in [0.2, 0.25) is 5.91 Å². The first-order valence-corrected chi connectivity index (χ1v) is 11.7. The standard InChI is InChI=1S/C26H16Cl4N2O3/c27-15-4-8-20(22(29)12-15)24-10-6-19(35-24)7-11-25(33)31-17-2-1-3-18(14-17)32-26(34)21-9-5-16(28)13-23(21)30/h1-14H,(H,31,33)(H,32,34)/b11-7+. The molecule has 0 radical (unpaired) electrons. The van der Waals surface area contributed by atoms with Gasteiger partial charge in [0.25, 0.3) is 5.91 Å². The van der Waals surface area contributed by atoms with Gasteiger partial charge in [-0.15, -0.1) is 0 Å². The number of amides is 2. The highest BCUT2D eigenvalue weighted by Crippen LogP contribution is 2.31. The molecule has 0 aliphatic carbocycles. The molecule has 4 rings (SSSR count). The molecule has 3 aromatic carbocycles. The monoisotopic (exact) mass is 544 g/mol. The molecule has 0 spiro atoms. The van der Waals surface area contributed by atoms with Crippen LogP contribution in [-0.2, 0) is 4.79 Å². The second kappa shape index (κ2) is 11.0. The van der Waals surface area contributed by atoms with Crippen LogP contribution in [0.1, 0.15) is 16.1 Å². The molecule has 0 unspecified atom stereocenters. The summed E-state index contributed by atoms with van der Waals surface area (Å²) in [6.45, 7) is 0. The largest absolute Gasteiger partial charge is 0.457 e. The number of halogens is 4. The quantitative estimate of drug-likeness (QED) is 0.239. The maximum atomic E-state index is 12.5. The zero-order valence-electron chi connectivity index (χ0n) is 17.8. The third kappa shape index (κ3) is 6.47. The summed E-state index contributed by atoms with van der Waals surface area (Å²) in [5.41, 5.74) is 1.95. The number of nitrogens with one attached hydrogen (secondary N) is 2. The van der Waals surface area contributed by atoms with Gasteiger partial charge >= 0.3 is 0 Å². The van der Waals surface area contributed by atoms with Crippen LogP contribution in [0.15, 0.2) is 83.3 Å². The van der Waals surface area contributed by atoms with Gasteiger partial charge in [0, 0.05) is 33.1 Å². The molecule has 2 N–H and O–H groups in total. The molecular formula is C26H16Cl4N2O3. The van der Waals surface area contributed by atoms with Crippen LogP contribution in [0, 0.1) is 0 Å². The van der Waals surface area contributed by atoms with Crippen LogP contribution in [-0.4, -0.2) is 11.8 Å². The smallest absolute Gasteiger partial charge is 0.257 e. The summed E-state index contributed by atoms with van der Waals surface area (Å²) in [6.07, 6.45) is 2.88. The molecule has 5 nitrogen and oxygen atoms in total. The fourth-order valence-electron chi connectivity index (χ4n) is 3.16. The summed E-state index contributed by atoms with van der Waals surface area (Å²) in [5.74, 6) is 0.249. The molecule has 1 aromatic heterocycles. The maximum Gasteiger partial charge on any atom is 0.257 e. The Labute approximate surface area is 221 Å². The SMILES string of the molecule is O=C(/C=C/c1ccc(-c2ccc(Cl)cc2Cl)o1)Nc1cccc(NC(=O)c2ccc(Cl)cc2Cl)c1. The van der Waals surface area contributed by atoms with E-state index in [0.29, 0.717) is 43.5 Å². The average molecular weight is 546 g/mol. The molecule has 2 amide bonds. The summed E-state index contributed by atoms with van der Waals surface area (Å²) in [7, 11) is 0. The van der Waals surface area contributed by atoms with Gasteiger partial charge in [-0.1, -0.05) is 52.5 Å². The maximum absolute atomic E-state index is 12.5. The Bertz CT molecular complexity index is 1450. The first-order valence-electron chi connectivity index (χ1n) is 10.2. The van der Waals surface area contributed by atoms with Gasteiger partial charge < -0.3 is 15.1 Å². The zero-order valence-corrected chi connectivity index (χ0v) is 20.8. The molecule has 176 valence electrons. The first-order chi connectivity index (χ1) is 16.8. The zero-order chi connectivity index (χ0) is 24.9. The molecule has 9 heteroatoms. The van der Waals surface area contributed by atoms with E-state index in [1.165, 1.54) is 24.3 Å². The van der Waals surface area contributed by atoms with Crippen molar-refractivity contribution in [2.45, 2.75) is 0 Å². The van der Waals surface area contributed by atoms with Crippen LogP contribution in [0.25, 0.3) is 17.4 Å². The third-order valence-electron chi connectivity index (χ3n) is 4.79. The van der Waals surface area contributed by atoms with Crippen molar-refractivity contribution in [2.75, 3.05) is 10.6 Å². The lowest BCUT2D eigenvalue weighted by atomic mass is 10.2. The minimum Gasteiger partial charge on any atom is -0.457 e. The summed E-state index contributed by atoms with van der Waals surface area (Å²) >= 11 is 24.1. The Hall–Kier alpha value is -3.22. The summed E-state index contributed by atoms with van der Waals surface area (Å²) in [5, 5.41) is 7.15. The lowest BCUT2D eigenvalue weighted by molar-refractivity contribution is -0.111. The fraction of sp³-hybridized carbons (Fsp3) is 0. The van der Waals surface area contributed by atoms with Crippen LogP contribution >= 0.6 is 46.4 Å². The molecule has 0 aliphatic heterocycles. The molecular weight excluding hydrogens is 530 g/mol. The van der Waals surface area contributed by atoms with E-state index < -0.39 is 5.91 Å². The van der Waals surface area contributed by atoms with Crippen LogP contribution in [0.4, 0.5) is 11.4 Å². The molecule has 0 aliphatic rings. The van der Waals surface area contributed by atoms with Crippen molar-refractivity contribution in [3.63, 3.8) is 0 Å². The summed E-state index contributed by atoms with van der Waals surface area (Å²) in [6, 6.07) is 19.9. The van der Waals surface area contributed by atoms with Crippen molar-refractivity contribution in [1.29, 1.82) is 0 Å². The summed E-state index contributed by atoms with van der Waals surface area (Å²) < 4.78 is 5.75. The number of hydrogen-bond donors (Lipinski definition) is 2. The van der Waals surface area contributed by atoms with Gasteiger partial charge in [-0.05, 0) is 72.8 Å². The molecule has 0 fully saturated rings. The van der Waals surface area contributed by atoms with Gasteiger partial charge in [-0.2, -0.15) is 0 Å². The number of rotatable bonds is 6. The van der Waals surface area contributed by atoms with Crippen molar-refractivity contribution in [2.24, 2.45) is 0 Å². The van der Waals surface area contributed by atoms with Crippen molar-refractivity contribution in [3.05, 3.63) is 110 Å². The number of furan rings is 1. The van der Waals surface area contributed by atoms with Crippen LogP contribution in [0.3, 0.4) is 0 Å². The molecule has 1 heterocycles. The predicted molar refractivity (Wildman–Crippen MR) is 143 cm³/mol. The Morgan fingerprint density at radius 1 is 0.743 bits per heavy atom. The Kier molecular flexibility index (Phi) is 7.83. The van der Waals surface area contributed by atoms with Gasteiger partial charge in [-0.3, -0.25) is 9.59 Å². The predicted octanol–water partition coefficient (Wildman–Crippen LogP) is 8.46. The third-order valence-corrected chi connectivity index (χ3v) is 5.88. The average Bonchev–Trinajstić information content (AvgIpc) is 3.26. The van der Waals surface area contributed by atoms with E-state index in [4.69, 9.17) is 50.8 Å². The van der Waals surface area contributed by atoms with Crippen LogP contribution in [0.5, 0.6) is 0 Å². The minimum atomic E-state index is -0.399. The lowest BCUT2D eigenvalue weighted by Crippen LogP contribution is -2.13. The minimum absolute atomic E-state index is 0.240. The van der Waals surface area contributed by atoms with Crippen LogP contribution < -0.4 is 10.6 Å². The lowest BCUT2D eigenvalue weighted by Gasteiger charge is -2.09. The second-order valence-corrected chi connectivity index (χ2v) is 9.00. The van der Waals surface area contributed by atoms with Crippen molar-refractivity contribution in [1.82, 2.24) is 0 Å².